The number of aromatic nitrogens is 1. The number of nitrogens with two attached hydrogens (primary N) is 2. The Balaban J connectivity index is 0.000000595. The van der Waals surface area contributed by atoms with E-state index in [1.165, 1.54) is 44.5 Å². The Bertz CT molecular complexity index is 817. The van der Waals surface area contributed by atoms with Crippen molar-refractivity contribution < 1.29 is 0 Å². The van der Waals surface area contributed by atoms with Gasteiger partial charge in [-0.2, -0.15) is 0 Å². The molecular formula is C26H46N6. The maximum atomic E-state index is 5.64. The summed E-state index contributed by atoms with van der Waals surface area (Å²) < 4.78 is 0. The number of nitrogens with zero attached hydrogens (tertiary/aromatic N) is 3. The number of hydrogen-bond donors (Lipinski definition) is 3. The van der Waals surface area contributed by atoms with Gasteiger partial charge in [-0.3, -0.25) is 0 Å². The molecule has 0 radical (unpaired) electrons. The van der Waals surface area contributed by atoms with Crippen LogP contribution in [0.25, 0.3) is 12.2 Å². The molecule has 1 aromatic rings. The normalized spacial score (nSPS) is 15.3. The second kappa shape index (κ2) is 16.3. The van der Waals surface area contributed by atoms with Gasteiger partial charge in [0, 0.05) is 26.8 Å². The molecule has 32 heavy (non-hydrogen) atoms. The van der Waals surface area contributed by atoms with Crippen molar-refractivity contribution in [2.45, 2.75) is 33.6 Å². The minimum atomic E-state index is 0.680. The Hall–Kier alpha value is -2.41. The number of hydrazine groups is 1. The molecule has 0 unspecified atom stereocenters. The van der Waals surface area contributed by atoms with Gasteiger partial charge < -0.3 is 21.0 Å². The van der Waals surface area contributed by atoms with Crippen LogP contribution in [0.5, 0.6) is 0 Å². The summed E-state index contributed by atoms with van der Waals surface area (Å²) in [6.45, 7) is 22.1. The van der Waals surface area contributed by atoms with Crippen LogP contribution in [-0.4, -0.2) is 55.7 Å². The highest BCUT2D eigenvalue weighted by Crippen LogP contribution is 2.18. The molecule has 0 spiro atoms. The molecule has 1 fully saturated rings. The lowest BCUT2D eigenvalue weighted by Gasteiger charge is -2.31. The quantitative estimate of drug-likeness (QED) is 0.261. The van der Waals surface area contributed by atoms with E-state index in [1.54, 1.807) is 7.05 Å². The Kier molecular flexibility index (Phi) is 15.0. The van der Waals surface area contributed by atoms with E-state index in [0.717, 1.165) is 33.7 Å². The van der Waals surface area contributed by atoms with E-state index in [2.05, 4.69) is 60.6 Å². The van der Waals surface area contributed by atoms with Gasteiger partial charge in [-0.15, -0.1) is 6.58 Å². The van der Waals surface area contributed by atoms with Gasteiger partial charge in [0.05, 0.1) is 5.70 Å². The highest BCUT2D eigenvalue weighted by molar-refractivity contribution is 5.56. The molecule has 6 nitrogen and oxygen atoms in total. The predicted molar refractivity (Wildman–Crippen MR) is 142 cm³/mol. The number of pyridine rings is 1. The molecule has 0 aliphatic carbocycles. The van der Waals surface area contributed by atoms with E-state index in [0.29, 0.717) is 5.70 Å². The second-order valence-corrected chi connectivity index (χ2v) is 8.23. The minimum absolute atomic E-state index is 0.680. The summed E-state index contributed by atoms with van der Waals surface area (Å²) in [7, 11) is 5.07. The van der Waals surface area contributed by atoms with Crippen LogP contribution in [0.1, 0.15) is 33.6 Å². The van der Waals surface area contributed by atoms with Crippen molar-refractivity contribution in [3.8, 4) is 0 Å². The molecule has 180 valence electrons. The summed E-state index contributed by atoms with van der Waals surface area (Å²) in [5.41, 5.74) is 5.95. The Morgan fingerprint density at radius 3 is 2.31 bits per heavy atom. The maximum Gasteiger partial charge on any atom is 0.126 e. The zero-order valence-electron chi connectivity index (χ0n) is 21.2. The average Bonchev–Trinajstić information content (AvgIpc) is 2.80. The molecule has 5 N–H and O–H groups in total. The summed E-state index contributed by atoms with van der Waals surface area (Å²) in [5, 5.41) is 6.54. The van der Waals surface area contributed by atoms with Gasteiger partial charge in [0.15, 0.2) is 0 Å². The van der Waals surface area contributed by atoms with E-state index in [-0.39, 0.29) is 0 Å². The lowest BCUT2D eigenvalue weighted by Crippen LogP contribution is -2.35. The van der Waals surface area contributed by atoms with Crippen molar-refractivity contribution in [3.05, 3.63) is 59.8 Å². The molecule has 1 aliphatic rings. The molecule has 0 atom stereocenters. The molecule has 0 amide bonds. The maximum absolute atomic E-state index is 5.64. The van der Waals surface area contributed by atoms with Crippen molar-refractivity contribution in [3.63, 3.8) is 0 Å². The van der Waals surface area contributed by atoms with Crippen LogP contribution in [0.3, 0.4) is 0 Å². The van der Waals surface area contributed by atoms with Crippen LogP contribution in [-0.2, 0) is 0 Å². The number of allylic oxidation sites excluding steroid dienone is 2. The zero-order valence-corrected chi connectivity index (χ0v) is 21.2. The van der Waals surface area contributed by atoms with Crippen LogP contribution >= 0.6 is 0 Å². The molecule has 0 saturated carbocycles. The molecule has 0 aromatic carbocycles. The van der Waals surface area contributed by atoms with Gasteiger partial charge in [0.1, 0.15) is 5.82 Å². The minimum Gasteiger partial charge on any atom is -0.373 e. The van der Waals surface area contributed by atoms with E-state index in [4.69, 9.17) is 5.84 Å². The third-order valence-electron chi connectivity index (χ3n) is 5.25. The van der Waals surface area contributed by atoms with Crippen molar-refractivity contribution in [1.82, 2.24) is 14.9 Å². The number of rotatable bonds is 7. The summed E-state index contributed by atoms with van der Waals surface area (Å²) in [6, 6.07) is 1.96. The van der Waals surface area contributed by atoms with Gasteiger partial charge in [-0.05, 0) is 79.9 Å². The van der Waals surface area contributed by atoms with Gasteiger partial charge in [-0.25, -0.2) is 10.8 Å². The standard InChI is InChI=1S/C14H20N4.C11H21N.CH5N/c1-6-12-9-17-14(16-4)8-13(12)7-10(2)11(3)18(5)15;1-4-11-5-7-12(8-6-11)9-10(2)3;1-2/h6-9,16H,2-3,15H2,1,4-5H3;4,10-11H,1,5-9H2,2-3H3;2H2,1H3/b12-6-,13-7-;;. The first-order valence-electron chi connectivity index (χ1n) is 11.3. The van der Waals surface area contributed by atoms with Crippen LogP contribution in [0.2, 0.25) is 0 Å². The summed E-state index contributed by atoms with van der Waals surface area (Å²) in [6.07, 6.45) is 10.5. The van der Waals surface area contributed by atoms with Gasteiger partial charge in [-0.1, -0.05) is 39.2 Å². The fraction of sp³-hybridized carbons (Fsp3) is 0.500. The fourth-order valence-corrected chi connectivity index (χ4v) is 3.37. The first kappa shape index (κ1) is 29.6. The third kappa shape index (κ3) is 10.8. The first-order valence-corrected chi connectivity index (χ1v) is 11.3. The largest absolute Gasteiger partial charge is 0.373 e. The second-order valence-electron chi connectivity index (χ2n) is 8.23. The van der Waals surface area contributed by atoms with Crippen LogP contribution < -0.4 is 27.3 Å². The monoisotopic (exact) mass is 442 g/mol. The lowest BCUT2D eigenvalue weighted by molar-refractivity contribution is 0.184. The fourth-order valence-electron chi connectivity index (χ4n) is 3.37. The lowest BCUT2D eigenvalue weighted by atomic mass is 9.96. The molecule has 1 aliphatic heterocycles. The van der Waals surface area contributed by atoms with Crippen molar-refractivity contribution in [2.24, 2.45) is 23.4 Å². The van der Waals surface area contributed by atoms with Crippen LogP contribution in [0, 0.1) is 11.8 Å². The summed E-state index contributed by atoms with van der Waals surface area (Å²) >= 11 is 0. The average molecular weight is 443 g/mol. The van der Waals surface area contributed by atoms with Crippen molar-refractivity contribution >= 4 is 18.0 Å². The SMILES string of the molecule is C=C(/C=c1/cc(NC)nc/c1=C/C)C(=C)N(C)N.C=CC1CCN(CC(C)C)CC1.CN. The number of piperidine rings is 1. The van der Waals surface area contributed by atoms with Gasteiger partial charge >= 0.3 is 0 Å². The van der Waals surface area contributed by atoms with Gasteiger partial charge in [0.25, 0.3) is 0 Å². The van der Waals surface area contributed by atoms with E-state index < -0.39 is 0 Å². The first-order chi connectivity index (χ1) is 15.2. The van der Waals surface area contributed by atoms with E-state index >= 15 is 0 Å². The highest BCUT2D eigenvalue weighted by Gasteiger charge is 2.16. The Morgan fingerprint density at radius 1 is 1.28 bits per heavy atom. The molecule has 2 rings (SSSR count). The number of likely N-dealkylation sites (tertiary alicyclic amines) is 1. The molecule has 1 aromatic heterocycles. The number of anilines is 1. The zero-order chi connectivity index (χ0) is 24.7. The molecule has 2 heterocycles. The predicted octanol–water partition coefficient (Wildman–Crippen LogP) is 2.69. The van der Waals surface area contributed by atoms with Crippen molar-refractivity contribution in [1.29, 1.82) is 0 Å². The molecule has 1 saturated heterocycles. The molecule has 0 bridgehead atoms. The topological polar surface area (TPSA) is 83.4 Å². The molecule has 6 heteroatoms. The van der Waals surface area contributed by atoms with Crippen LogP contribution in [0.15, 0.2) is 49.3 Å². The van der Waals surface area contributed by atoms with Crippen molar-refractivity contribution in [2.75, 3.05) is 46.1 Å². The summed E-state index contributed by atoms with van der Waals surface area (Å²) in [5.74, 6) is 8.05. The van der Waals surface area contributed by atoms with Gasteiger partial charge in [0.2, 0.25) is 0 Å². The highest BCUT2D eigenvalue weighted by atomic mass is 15.4. The van der Waals surface area contributed by atoms with Crippen LogP contribution in [0.4, 0.5) is 5.82 Å². The van der Waals surface area contributed by atoms with E-state index in [1.807, 2.05) is 38.4 Å². The smallest absolute Gasteiger partial charge is 0.126 e. The number of nitrogens with one attached hydrogen (secondary N) is 1. The van der Waals surface area contributed by atoms with E-state index in [9.17, 15) is 0 Å². The molecular weight excluding hydrogens is 396 g/mol. The number of likely N-dealkylation sites (N-methyl/N-ethyl adjacent to an activating group) is 1. The Morgan fingerprint density at radius 2 is 1.88 bits per heavy atom. The Labute approximate surface area is 196 Å². The number of hydrogen-bond acceptors (Lipinski definition) is 6. The summed E-state index contributed by atoms with van der Waals surface area (Å²) in [4.78, 5) is 6.84. The third-order valence-corrected chi connectivity index (χ3v) is 5.25.